The summed E-state index contributed by atoms with van der Waals surface area (Å²) in [5.41, 5.74) is 0. The van der Waals surface area contributed by atoms with Crippen molar-refractivity contribution in [2.24, 2.45) is 35.5 Å². The van der Waals surface area contributed by atoms with Crippen molar-refractivity contribution in [2.45, 2.75) is 135 Å². The molecule has 0 aromatic carbocycles. The lowest BCUT2D eigenvalue weighted by Crippen LogP contribution is -2.26. The second kappa shape index (κ2) is 13.4. The highest BCUT2D eigenvalue weighted by atomic mass is 19.1. The van der Waals surface area contributed by atoms with Gasteiger partial charge in [0.05, 0.1) is 6.67 Å². The summed E-state index contributed by atoms with van der Waals surface area (Å²) < 4.78 is 27.3. The quantitative estimate of drug-likeness (QED) is 0.310. The molecule has 176 valence electrons. The van der Waals surface area contributed by atoms with Gasteiger partial charge in [-0.1, -0.05) is 96.8 Å². The second-order valence-electron chi connectivity index (χ2n) is 11.5. The summed E-state index contributed by atoms with van der Waals surface area (Å²) in [7, 11) is 0. The van der Waals surface area contributed by atoms with Crippen molar-refractivity contribution in [3.05, 3.63) is 0 Å². The maximum absolute atomic E-state index is 15.0. The average molecular weight is 425 g/mol. The fourth-order valence-corrected chi connectivity index (χ4v) is 7.16. The zero-order chi connectivity index (χ0) is 21.2. The summed E-state index contributed by atoms with van der Waals surface area (Å²) in [4.78, 5) is 0. The van der Waals surface area contributed by atoms with Crippen LogP contribution in [0.25, 0.3) is 0 Å². The number of alkyl halides is 2. The van der Waals surface area contributed by atoms with Crippen molar-refractivity contribution in [2.75, 3.05) is 6.67 Å². The van der Waals surface area contributed by atoms with Gasteiger partial charge in [-0.15, -0.1) is 0 Å². The van der Waals surface area contributed by atoms with Crippen LogP contribution in [0.15, 0.2) is 0 Å². The SMILES string of the molecule is CCC[C@H]1CC[C@H](C(F)CC2CCC(CC[C@H]3CC[C@H](CCCF)CC3)CC2)CC1. The standard InChI is InChI=1S/C28H50F2/c1-2-4-22-16-18-27(19-17-22)28(30)21-26-14-12-25(13-15-26)11-10-24-8-6-23(7-9-24)5-3-20-29/h22-28H,2-21H2,1H3/t22-,23-,24-,25?,26?,27-,28?. The summed E-state index contributed by atoms with van der Waals surface area (Å²) in [5.74, 6) is 4.57. The molecular weight excluding hydrogens is 374 g/mol. The molecule has 3 fully saturated rings. The highest BCUT2D eigenvalue weighted by molar-refractivity contribution is 4.82. The minimum Gasteiger partial charge on any atom is -0.251 e. The first-order chi connectivity index (χ1) is 14.7. The fourth-order valence-electron chi connectivity index (χ4n) is 7.16. The zero-order valence-corrected chi connectivity index (χ0v) is 19.9. The first-order valence-corrected chi connectivity index (χ1v) is 13.9. The molecule has 3 rings (SSSR count). The Kier molecular flexibility index (Phi) is 11.0. The Morgan fingerprint density at radius 2 is 1.03 bits per heavy atom. The lowest BCUT2D eigenvalue weighted by Gasteiger charge is -2.34. The number of hydrogen-bond donors (Lipinski definition) is 0. The van der Waals surface area contributed by atoms with Crippen molar-refractivity contribution in [3.63, 3.8) is 0 Å². The Balaban J connectivity index is 1.25. The molecule has 0 nitrogen and oxygen atoms in total. The normalized spacial score (nSPS) is 36.5. The minimum absolute atomic E-state index is 0.133. The van der Waals surface area contributed by atoms with Crippen molar-refractivity contribution in [1.29, 1.82) is 0 Å². The highest BCUT2D eigenvalue weighted by Gasteiger charge is 2.31. The molecule has 0 radical (unpaired) electrons. The first kappa shape index (κ1) is 24.5. The zero-order valence-electron chi connectivity index (χ0n) is 19.9. The lowest BCUT2D eigenvalue weighted by atomic mass is 9.72. The second-order valence-corrected chi connectivity index (χ2v) is 11.5. The Morgan fingerprint density at radius 3 is 1.53 bits per heavy atom. The van der Waals surface area contributed by atoms with E-state index in [1.54, 1.807) is 0 Å². The van der Waals surface area contributed by atoms with Gasteiger partial charge in [0.1, 0.15) is 6.17 Å². The van der Waals surface area contributed by atoms with Crippen LogP contribution >= 0.6 is 0 Å². The van der Waals surface area contributed by atoms with Gasteiger partial charge < -0.3 is 0 Å². The van der Waals surface area contributed by atoms with Gasteiger partial charge in [0.25, 0.3) is 0 Å². The third-order valence-electron chi connectivity index (χ3n) is 9.32. The Bertz CT molecular complexity index is 426. The monoisotopic (exact) mass is 424 g/mol. The summed E-state index contributed by atoms with van der Waals surface area (Å²) in [6, 6.07) is 0. The van der Waals surface area contributed by atoms with Gasteiger partial charge >= 0.3 is 0 Å². The highest BCUT2D eigenvalue weighted by Crippen LogP contribution is 2.41. The van der Waals surface area contributed by atoms with E-state index >= 15 is 0 Å². The first-order valence-electron chi connectivity index (χ1n) is 13.9. The number of rotatable bonds is 11. The maximum atomic E-state index is 15.0. The molecule has 2 heteroatoms. The van der Waals surface area contributed by atoms with Gasteiger partial charge in [-0.3, -0.25) is 4.39 Å². The summed E-state index contributed by atoms with van der Waals surface area (Å²) >= 11 is 0. The summed E-state index contributed by atoms with van der Waals surface area (Å²) in [6.07, 6.45) is 23.3. The average Bonchev–Trinajstić information content (AvgIpc) is 2.78. The predicted molar refractivity (Wildman–Crippen MR) is 125 cm³/mol. The molecule has 0 amide bonds. The molecule has 1 unspecified atom stereocenters. The van der Waals surface area contributed by atoms with Crippen LogP contribution in [-0.4, -0.2) is 12.8 Å². The van der Waals surface area contributed by atoms with Crippen molar-refractivity contribution < 1.29 is 8.78 Å². The largest absolute Gasteiger partial charge is 0.251 e. The molecule has 1 atom stereocenters. The minimum atomic E-state index is -0.526. The van der Waals surface area contributed by atoms with Gasteiger partial charge in [0.15, 0.2) is 0 Å². The Hall–Kier alpha value is -0.140. The van der Waals surface area contributed by atoms with Gasteiger partial charge in [0.2, 0.25) is 0 Å². The molecule has 0 N–H and O–H groups in total. The van der Waals surface area contributed by atoms with Crippen molar-refractivity contribution in [1.82, 2.24) is 0 Å². The number of halogens is 2. The molecule has 3 saturated carbocycles. The maximum Gasteiger partial charge on any atom is 0.103 e. The van der Waals surface area contributed by atoms with E-state index in [4.69, 9.17) is 0 Å². The summed E-state index contributed by atoms with van der Waals surface area (Å²) in [6.45, 7) is 2.15. The lowest BCUT2D eigenvalue weighted by molar-refractivity contribution is 0.112. The van der Waals surface area contributed by atoms with Crippen molar-refractivity contribution >= 4 is 0 Å². The van der Waals surface area contributed by atoms with E-state index in [-0.39, 0.29) is 6.67 Å². The van der Waals surface area contributed by atoms with Crippen LogP contribution in [0.1, 0.15) is 129 Å². The Morgan fingerprint density at radius 1 is 0.600 bits per heavy atom. The molecule has 3 aliphatic rings. The molecule has 0 saturated heterocycles. The molecule has 0 aromatic rings. The van der Waals surface area contributed by atoms with Gasteiger partial charge in [0, 0.05) is 0 Å². The van der Waals surface area contributed by atoms with E-state index in [1.165, 1.54) is 89.9 Å². The van der Waals surface area contributed by atoms with Crippen LogP contribution in [0.4, 0.5) is 8.78 Å². The van der Waals surface area contributed by atoms with Crippen LogP contribution < -0.4 is 0 Å². The van der Waals surface area contributed by atoms with Crippen LogP contribution in [0.3, 0.4) is 0 Å². The van der Waals surface area contributed by atoms with Crippen LogP contribution in [0.2, 0.25) is 0 Å². The summed E-state index contributed by atoms with van der Waals surface area (Å²) in [5, 5.41) is 0. The molecule has 0 aromatic heterocycles. The molecule has 0 aliphatic heterocycles. The van der Waals surface area contributed by atoms with Crippen LogP contribution in [0, 0.1) is 35.5 Å². The van der Waals surface area contributed by atoms with E-state index in [0.29, 0.717) is 11.8 Å². The smallest absolute Gasteiger partial charge is 0.103 e. The molecule has 0 bridgehead atoms. The van der Waals surface area contributed by atoms with E-state index in [2.05, 4.69) is 6.92 Å². The van der Waals surface area contributed by atoms with E-state index in [1.807, 2.05) is 0 Å². The Labute approximate surface area is 186 Å². The molecule has 3 aliphatic carbocycles. The van der Waals surface area contributed by atoms with Crippen LogP contribution in [0.5, 0.6) is 0 Å². The topological polar surface area (TPSA) is 0 Å². The van der Waals surface area contributed by atoms with Gasteiger partial charge in [-0.2, -0.15) is 0 Å². The molecular formula is C28H50F2. The van der Waals surface area contributed by atoms with E-state index in [9.17, 15) is 8.78 Å². The van der Waals surface area contributed by atoms with Crippen LogP contribution in [-0.2, 0) is 0 Å². The fraction of sp³-hybridized carbons (Fsp3) is 1.00. The molecule has 0 heterocycles. The third kappa shape index (κ3) is 8.09. The van der Waals surface area contributed by atoms with Gasteiger partial charge in [-0.25, -0.2) is 4.39 Å². The third-order valence-corrected chi connectivity index (χ3v) is 9.32. The molecule has 0 spiro atoms. The molecule has 30 heavy (non-hydrogen) atoms. The number of hydrogen-bond acceptors (Lipinski definition) is 0. The van der Waals surface area contributed by atoms with E-state index in [0.717, 1.165) is 55.8 Å². The predicted octanol–water partition coefficient (Wildman–Crippen LogP) is 9.46. The van der Waals surface area contributed by atoms with E-state index < -0.39 is 6.17 Å². The van der Waals surface area contributed by atoms with Gasteiger partial charge in [-0.05, 0) is 67.6 Å². The van der Waals surface area contributed by atoms with Crippen molar-refractivity contribution in [3.8, 4) is 0 Å².